The summed E-state index contributed by atoms with van der Waals surface area (Å²) < 4.78 is 1.91. The summed E-state index contributed by atoms with van der Waals surface area (Å²) in [5.41, 5.74) is 5.97. The third-order valence-electron chi connectivity index (χ3n) is 5.14. The number of aryl methyl sites for hydroxylation is 2. The zero-order valence-electron chi connectivity index (χ0n) is 15.3. The molecule has 0 aliphatic carbocycles. The van der Waals surface area contributed by atoms with Crippen molar-refractivity contribution in [2.75, 3.05) is 6.54 Å². The summed E-state index contributed by atoms with van der Waals surface area (Å²) in [5, 5.41) is 4.49. The van der Waals surface area contributed by atoms with Gasteiger partial charge < -0.3 is 4.98 Å². The second kappa shape index (κ2) is 6.49. The van der Waals surface area contributed by atoms with E-state index in [4.69, 9.17) is 4.98 Å². The monoisotopic (exact) mass is 350 g/mol. The highest BCUT2D eigenvalue weighted by molar-refractivity contribution is 5.54. The smallest absolute Gasteiger partial charge is 0.255 e. The highest BCUT2D eigenvalue weighted by Gasteiger charge is 2.23. The van der Waals surface area contributed by atoms with E-state index in [1.54, 1.807) is 12.4 Å². The number of nitrogens with zero attached hydrogens (tertiary/aromatic N) is 5. The first-order chi connectivity index (χ1) is 12.5. The molecule has 4 heterocycles. The maximum absolute atomic E-state index is 12.6. The van der Waals surface area contributed by atoms with Gasteiger partial charge in [-0.1, -0.05) is 0 Å². The SMILES string of the molecule is Cc1nn(C)c(C)c1CN1CCc2nc(-c3ccncc3)[nH]c(=O)c2C1. The Balaban J connectivity index is 1.60. The first kappa shape index (κ1) is 16.7. The Morgan fingerprint density at radius 3 is 2.69 bits per heavy atom. The molecule has 0 saturated carbocycles. The predicted molar refractivity (Wildman–Crippen MR) is 98.6 cm³/mol. The number of pyridine rings is 1. The van der Waals surface area contributed by atoms with E-state index in [9.17, 15) is 4.79 Å². The molecule has 7 heteroatoms. The summed E-state index contributed by atoms with van der Waals surface area (Å²) in [6.45, 7) is 6.42. The number of nitrogens with one attached hydrogen (secondary N) is 1. The average Bonchev–Trinajstić information content (AvgIpc) is 2.89. The average molecular weight is 350 g/mol. The topological polar surface area (TPSA) is 79.7 Å². The van der Waals surface area contributed by atoms with Gasteiger partial charge in [0.25, 0.3) is 5.56 Å². The Labute approximate surface area is 151 Å². The highest BCUT2D eigenvalue weighted by Crippen LogP contribution is 2.21. The largest absolute Gasteiger partial charge is 0.306 e. The molecule has 4 rings (SSSR count). The minimum absolute atomic E-state index is 0.0499. The van der Waals surface area contributed by atoms with Crippen LogP contribution >= 0.6 is 0 Å². The van der Waals surface area contributed by atoms with Gasteiger partial charge in [0, 0.05) is 62.3 Å². The number of rotatable bonds is 3. The minimum Gasteiger partial charge on any atom is -0.306 e. The lowest BCUT2D eigenvalue weighted by Gasteiger charge is -2.27. The Morgan fingerprint density at radius 2 is 2.00 bits per heavy atom. The molecule has 0 radical (unpaired) electrons. The van der Waals surface area contributed by atoms with Gasteiger partial charge in [0.1, 0.15) is 5.82 Å². The van der Waals surface area contributed by atoms with Crippen LogP contribution < -0.4 is 5.56 Å². The number of aromatic amines is 1. The summed E-state index contributed by atoms with van der Waals surface area (Å²) in [4.78, 5) is 26.6. The molecule has 0 unspecified atom stereocenters. The van der Waals surface area contributed by atoms with Crippen molar-refractivity contribution in [2.24, 2.45) is 7.05 Å². The molecule has 1 aliphatic rings. The quantitative estimate of drug-likeness (QED) is 0.778. The molecule has 3 aromatic heterocycles. The summed E-state index contributed by atoms with van der Waals surface area (Å²) in [7, 11) is 1.96. The van der Waals surface area contributed by atoms with E-state index in [1.165, 1.54) is 11.3 Å². The molecule has 0 aromatic carbocycles. The number of fused-ring (bicyclic) bond motifs is 1. The van der Waals surface area contributed by atoms with E-state index in [-0.39, 0.29) is 5.56 Å². The number of aromatic nitrogens is 5. The van der Waals surface area contributed by atoms with Crippen molar-refractivity contribution in [1.29, 1.82) is 0 Å². The Bertz CT molecular complexity index is 1000. The molecule has 0 spiro atoms. The molecule has 0 fully saturated rings. The Morgan fingerprint density at radius 1 is 1.23 bits per heavy atom. The highest BCUT2D eigenvalue weighted by atomic mass is 16.1. The zero-order valence-corrected chi connectivity index (χ0v) is 15.3. The Kier molecular flexibility index (Phi) is 4.16. The summed E-state index contributed by atoms with van der Waals surface area (Å²) in [6, 6.07) is 3.71. The van der Waals surface area contributed by atoms with E-state index in [0.29, 0.717) is 12.4 Å². The van der Waals surface area contributed by atoms with Crippen LogP contribution in [0.25, 0.3) is 11.4 Å². The number of hydrogen-bond donors (Lipinski definition) is 1. The van der Waals surface area contributed by atoms with Gasteiger partial charge in [0.05, 0.1) is 17.0 Å². The van der Waals surface area contributed by atoms with E-state index in [2.05, 4.69) is 26.9 Å². The molecular weight excluding hydrogens is 328 g/mol. The molecule has 134 valence electrons. The van der Waals surface area contributed by atoms with Gasteiger partial charge in [-0.05, 0) is 26.0 Å². The molecule has 26 heavy (non-hydrogen) atoms. The number of H-pyrrole nitrogens is 1. The summed E-state index contributed by atoms with van der Waals surface area (Å²) >= 11 is 0. The molecule has 1 N–H and O–H groups in total. The first-order valence-corrected chi connectivity index (χ1v) is 8.77. The second-order valence-electron chi connectivity index (χ2n) is 6.81. The lowest BCUT2D eigenvalue weighted by atomic mass is 10.0. The van der Waals surface area contributed by atoms with Crippen molar-refractivity contribution >= 4 is 0 Å². The van der Waals surface area contributed by atoms with E-state index < -0.39 is 0 Å². The summed E-state index contributed by atoms with van der Waals surface area (Å²) in [6.07, 6.45) is 4.18. The fourth-order valence-corrected chi connectivity index (χ4v) is 3.53. The van der Waals surface area contributed by atoms with Crippen molar-refractivity contribution in [1.82, 2.24) is 29.6 Å². The fourth-order valence-electron chi connectivity index (χ4n) is 3.53. The minimum atomic E-state index is -0.0499. The van der Waals surface area contributed by atoms with Crippen LogP contribution in [0.1, 0.15) is 28.2 Å². The molecular formula is C19H22N6O. The molecule has 0 atom stereocenters. The van der Waals surface area contributed by atoms with Crippen LogP contribution in [-0.4, -0.2) is 36.2 Å². The van der Waals surface area contributed by atoms with Crippen LogP contribution in [0.3, 0.4) is 0 Å². The van der Waals surface area contributed by atoms with Gasteiger partial charge in [-0.2, -0.15) is 5.10 Å². The third kappa shape index (κ3) is 2.94. The van der Waals surface area contributed by atoms with Gasteiger partial charge in [-0.15, -0.1) is 0 Å². The first-order valence-electron chi connectivity index (χ1n) is 8.77. The van der Waals surface area contributed by atoms with Crippen LogP contribution in [-0.2, 0) is 26.6 Å². The van der Waals surface area contributed by atoms with E-state index in [1.807, 2.05) is 30.8 Å². The molecule has 0 bridgehead atoms. The van der Waals surface area contributed by atoms with Crippen LogP contribution in [0.5, 0.6) is 0 Å². The predicted octanol–water partition coefficient (Wildman–Crippen LogP) is 1.74. The zero-order chi connectivity index (χ0) is 18.3. The van der Waals surface area contributed by atoms with Gasteiger partial charge >= 0.3 is 0 Å². The maximum Gasteiger partial charge on any atom is 0.255 e. The van der Waals surface area contributed by atoms with Gasteiger partial charge in [-0.3, -0.25) is 19.4 Å². The molecule has 0 saturated heterocycles. The molecule has 7 nitrogen and oxygen atoms in total. The summed E-state index contributed by atoms with van der Waals surface area (Å²) in [5.74, 6) is 0.614. The van der Waals surface area contributed by atoms with Crippen molar-refractivity contribution in [3.8, 4) is 11.4 Å². The molecule has 3 aromatic rings. The lowest BCUT2D eigenvalue weighted by Crippen LogP contribution is -2.35. The lowest BCUT2D eigenvalue weighted by molar-refractivity contribution is 0.241. The molecule has 1 aliphatic heterocycles. The fraction of sp³-hybridized carbons (Fsp3) is 0.368. The third-order valence-corrected chi connectivity index (χ3v) is 5.14. The molecule has 0 amide bonds. The van der Waals surface area contributed by atoms with Crippen LogP contribution in [0.15, 0.2) is 29.3 Å². The van der Waals surface area contributed by atoms with Gasteiger partial charge in [-0.25, -0.2) is 4.98 Å². The van der Waals surface area contributed by atoms with Crippen molar-refractivity contribution in [3.63, 3.8) is 0 Å². The normalized spacial score (nSPS) is 14.4. The van der Waals surface area contributed by atoms with Crippen molar-refractivity contribution in [3.05, 3.63) is 63.1 Å². The van der Waals surface area contributed by atoms with E-state index >= 15 is 0 Å². The van der Waals surface area contributed by atoms with Crippen LogP contribution in [0, 0.1) is 13.8 Å². The van der Waals surface area contributed by atoms with E-state index in [0.717, 1.165) is 42.0 Å². The standard InChI is InChI=1S/C19H22N6O/c1-12-15(13(2)24(3)23-12)10-25-9-6-17-16(11-25)19(26)22-18(21-17)14-4-7-20-8-5-14/h4-5,7-8H,6,9-11H2,1-3H3,(H,21,22,26). The van der Waals surface area contributed by atoms with Crippen molar-refractivity contribution < 1.29 is 0 Å². The number of hydrogen-bond acceptors (Lipinski definition) is 5. The van der Waals surface area contributed by atoms with Crippen LogP contribution in [0.4, 0.5) is 0 Å². The van der Waals surface area contributed by atoms with Crippen molar-refractivity contribution in [2.45, 2.75) is 33.4 Å². The van der Waals surface area contributed by atoms with Gasteiger partial charge in [0.15, 0.2) is 0 Å². The maximum atomic E-state index is 12.6. The van der Waals surface area contributed by atoms with Gasteiger partial charge in [0.2, 0.25) is 0 Å². The van der Waals surface area contributed by atoms with Crippen LogP contribution in [0.2, 0.25) is 0 Å². The second-order valence-corrected chi connectivity index (χ2v) is 6.81. The Hall–Kier alpha value is -2.80.